The van der Waals surface area contributed by atoms with Crippen LogP contribution in [0.15, 0.2) is 18.2 Å². The second kappa shape index (κ2) is 4.96. The van der Waals surface area contributed by atoms with Crippen LogP contribution in [0.25, 0.3) is 0 Å². The second-order valence-corrected chi connectivity index (χ2v) is 3.02. The van der Waals surface area contributed by atoms with Gasteiger partial charge in [0.1, 0.15) is 0 Å². The lowest BCUT2D eigenvalue weighted by atomic mass is 10.0. The molecule has 1 aromatic rings. The summed E-state index contributed by atoms with van der Waals surface area (Å²) in [5.41, 5.74) is 0.803. The van der Waals surface area contributed by atoms with E-state index >= 15 is 0 Å². The van der Waals surface area contributed by atoms with Crippen LogP contribution in [-0.4, -0.2) is 18.3 Å². The van der Waals surface area contributed by atoms with Crippen LogP contribution in [0.3, 0.4) is 0 Å². The van der Waals surface area contributed by atoms with E-state index in [1.807, 2.05) is 0 Å². The Morgan fingerprint density at radius 2 is 2.21 bits per heavy atom. The summed E-state index contributed by atoms with van der Waals surface area (Å²) in [7, 11) is 0. The van der Waals surface area contributed by atoms with E-state index in [9.17, 15) is 4.39 Å². The predicted molar refractivity (Wildman–Crippen MR) is 52.7 cm³/mol. The van der Waals surface area contributed by atoms with Crippen molar-refractivity contribution >= 4 is 0 Å². The highest BCUT2D eigenvalue weighted by Gasteiger charge is 2.09. The summed E-state index contributed by atoms with van der Waals surface area (Å²) in [5, 5.41) is 8.91. The molecule has 0 atom stereocenters. The summed E-state index contributed by atoms with van der Waals surface area (Å²) >= 11 is 0. The van der Waals surface area contributed by atoms with Gasteiger partial charge in [-0.1, -0.05) is 13.0 Å². The Hall–Kier alpha value is -1.09. The van der Waals surface area contributed by atoms with E-state index in [0.29, 0.717) is 6.61 Å². The molecule has 0 amide bonds. The van der Waals surface area contributed by atoms with E-state index in [4.69, 9.17) is 9.84 Å². The van der Waals surface area contributed by atoms with Crippen molar-refractivity contribution in [2.75, 3.05) is 13.2 Å². The minimum absolute atomic E-state index is 0.0306. The Bertz CT molecular complexity index is 299. The average molecular weight is 197 g/mol. The normalized spacial score (nSPS) is 10.6. The van der Waals surface area contributed by atoms with Crippen LogP contribution in [0, 0.1) is 11.7 Å². The van der Waals surface area contributed by atoms with Crippen molar-refractivity contribution in [3.05, 3.63) is 35.5 Å². The first kappa shape index (κ1) is 11.0. The number of hydrogen-bond acceptors (Lipinski definition) is 2. The second-order valence-electron chi connectivity index (χ2n) is 3.02. The van der Waals surface area contributed by atoms with Crippen molar-refractivity contribution in [3.8, 4) is 5.75 Å². The molecular formula is C11H14FO2. The van der Waals surface area contributed by atoms with Gasteiger partial charge < -0.3 is 9.84 Å². The molecule has 1 radical (unpaired) electrons. The highest BCUT2D eigenvalue weighted by Crippen LogP contribution is 2.23. The molecule has 77 valence electrons. The number of ether oxygens (including phenoxy) is 1. The topological polar surface area (TPSA) is 29.5 Å². The SMILES string of the molecule is CCOc1cc([C](C)CO)ccc1F. The third-order valence-corrected chi connectivity index (χ3v) is 1.96. The zero-order chi connectivity index (χ0) is 10.6. The van der Waals surface area contributed by atoms with Gasteiger partial charge in [0, 0.05) is 5.92 Å². The Labute approximate surface area is 83.3 Å². The first-order valence-corrected chi connectivity index (χ1v) is 4.55. The van der Waals surface area contributed by atoms with Crippen molar-refractivity contribution < 1.29 is 14.2 Å². The van der Waals surface area contributed by atoms with Crippen molar-refractivity contribution in [1.29, 1.82) is 0 Å². The van der Waals surface area contributed by atoms with Crippen LogP contribution in [-0.2, 0) is 0 Å². The molecule has 0 fully saturated rings. The predicted octanol–water partition coefficient (Wildman–Crippen LogP) is 2.16. The maximum atomic E-state index is 13.1. The van der Waals surface area contributed by atoms with Crippen LogP contribution >= 0.6 is 0 Å². The minimum atomic E-state index is -0.374. The average Bonchev–Trinajstić information content (AvgIpc) is 2.20. The van der Waals surface area contributed by atoms with Gasteiger partial charge in [0.05, 0.1) is 13.2 Å². The van der Waals surface area contributed by atoms with E-state index in [1.54, 1.807) is 26.0 Å². The van der Waals surface area contributed by atoms with Crippen LogP contribution < -0.4 is 4.74 Å². The molecule has 1 rings (SSSR count). The first-order valence-electron chi connectivity index (χ1n) is 4.55. The molecule has 0 aromatic heterocycles. The molecule has 0 aliphatic carbocycles. The third kappa shape index (κ3) is 2.45. The molecular weight excluding hydrogens is 183 g/mol. The number of aliphatic hydroxyl groups is 1. The summed E-state index contributed by atoms with van der Waals surface area (Å²) in [5.74, 6) is 0.657. The smallest absolute Gasteiger partial charge is 0.165 e. The molecule has 14 heavy (non-hydrogen) atoms. The fourth-order valence-corrected chi connectivity index (χ4v) is 1.13. The number of halogens is 1. The Balaban J connectivity index is 2.93. The summed E-state index contributed by atoms with van der Waals surface area (Å²) < 4.78 is 18.2. The van der Waals surface area contributed by atoms with Crippen molar-refractivity contribution in [2.24, 2.45) is 0 Å². The molecule has 0 aliphatic heterocycles. The van der Waals surface area contributed by atoms with E-state index in [1.165, 1.54) is 6.07 Å². The summed E-state index contributed by atoms with van der Waals surface area (Å²) in [6.45, 7) is 3.99. The number of aliphatic hydroxyl groups excluding tert-OH is 1. The maximum absolute atomic E-state index is 13.1. The van der Waals surface area contributed by atoms with E-state index in [0.717, 1.165) is 11.5 Å². The van der Waals surface area contributed by atoms with Crippen molar-refractivity contribution in [2.45, 2.75) is 13.8 Å². The van der Waals surface area contributed by atoms with Crippen LogP contribution in [0.5, 0.6) is 5.75 Å². The van der Waals surface area contributed by atoms with Gasteiger partial charge >= 0.3 is 0 Å². The van der Waals surface area contributed by atoms with Gasteiger partial charge in [-0.05, 0) is 24.6 Å². The molecule has 2 nitrogen and oxygen atoms in total. The monoisotopic (exact) mass is 197 g/mol. The fraction of sp³-hybridized carbons (Fsp3) is 0.364. The highest BCUT2D eigenvalue weighted by molar-refractivity contribution is 5.37. The van der Waals surface area contributed by atoms with Crippen molar-refractivity contribution in [3.63, 3.8) is 0 Å². The minimum Gasteiger partial charge on any atom is -0.491 e. The van der Waals surface area contributed by atoms with Gasteiger partial charge in [-0.2, -0.15) is 0 Å². The number of benzene rings is 1. The zero-order valence-electron chi connectivity index (χ0n) is 8.38. The van der Waals surface area contributed by atoms with Crippen LogP contribution in [0.1, 0.15) is 19.4 Å². The lowest BCUT2D eigenvalue weighted by molar-refractivity contribution is 0.312. The zero-order valence-corrected chi connectivity index (χ0v) is 8.38. The molecule has 0 saturated carbocycles. The third-order valence-electron chi connectivity index (χ3n) is 1.96. The van der Waals surface area contributed by atoms with E-state index < -0.39 is 0 Å². The molecule has 1 aromatic carbocycles. The van der Waals surface area contributed by atoms with Crippen molar-refractivity contribution in [1.82, 2.24) is 0 Å². The number of hydrogen-bond donors (Lipinski definition) is 1. The van der Waals surface area contributed by atoms with Crippen LogP contribution in [0.2, 0.25) is 0 Å². The highest BCUT2D eigenvalue weighted by atomic mass is 19.1. The molecule has 0 saturated heterocycles. The molecule has 0 unspecified atom stereocenters. The Kier molecular flexibility index (Phi) is 3.89. The number of rotatable bonds is 4. The fourth-order valence-electron chi connectivity index (χ4n) is 1.13. The lowest BCUT2D eigenvalue weighted by Crippen LogP contribution is -2.02. The first-order chi connectivity index (χ1) is 6.69. The molecule has 0 aliphatic rings. The van der Waals surface area contributed by atoms with Gasteiger partial charge in [-0.15, -0.1) is 0 Å². The van der Waals surface area contributed by atoms with Gasteiger partial charge in [-0.25, -0.2) is 4.39 Å². The van der Waals surface area contributed by atoms with E-state index in [2.05, 4.69) is 0 Å². The maximum Gasteiger partial charge on any atom is 0.165 e. The van der Waals surface area contributed by atoms with Crippen LogP contribution in [0.4, 0.5) is 4.39 Å². The molecule has 0 bridgehead atoms. The van der Waals surface area contributed by atoms with Gasteiger partial charge in [0.25, 0.3) is 0 Å². The van der Waals surface area contributed by atoms with Gasteiger partial charge in [0.15, 0.2) is 11.6 Å². The quantitative estimate of drug-likeness (QED) is 0.801. The van der Waals surface area contributed by atoms with Gasteiger partial charge in [0.2, 0.25) is 0 Å². The lowest BCUT2D eigenvalue weighted by Gasteiger charge is -2.10. The standard InChI is InChI=1S/C11H14FO2/c1-3-14-11-6-9(8(2)7-13)4-5-10(11)12/h4-6,13H,3,7H2,1-2H3. The van der Waals surface area contributed by atoms with E-state index in [-0.39, 0.29) is 18.2 Å². The summed E-state index contributed by atoms with van der Waals surface area (Å²) in [4.78, 5) is 0. The largest absolute Gasteiger partial charge is 0.491 e. The molecule has 3 heteroatoms. The molecule has 0 spiro atoms. The summed E-state index contributed by atoms with van der Waals surface area (Å²) in [6, 6.07) is 4.58. The molecule has 1 N–H and O–H groups in total. The molecule has 0 heterocycles. The summed E-state index contributed by atoms with van der Waals surface area (Å²) in [6.07, 6.45) is 0. The van der Waals surface area contributed by atoms with Gasteiger partial charge in [-0.3, -0.25) is 0 Å². The Morgan fingerprint density at radius 1 is 1.50 bits per heavy atom. The Morgan fingerprint density at radius 3 is 2.79 bits per heavy atom.